The highest BCUT2D eigenvalue weighted by molar-refractivity contribution is 6.73. The normalized spacial score (nSPS) is 14.2. The van der Waals surface area contributed by atoms with E-state index in [0.29, 0.717) is 0 Å². The quantitative estimate of drug-likeness (QED) is 0.666. The molecule has 1 N–H and O–H groups in total. The summed E-state index contributed by atoms with van der Waals surface area (Å²) in [5.41, 5.74) is 0. The van der Waals surface area contributed by atoms with E-state index in [1.807, 2.05) is 40.8 Å². The van der Waals surface area contributed by atoms with E-state index in [1.165, 1.54) is 0 Å². The monoisotopic (exact) mass is 176 g/mol. The maximum absolute atomic E-state index is 9.73. The van der Waals surface area contributed by atoms with E-state index in [1.54, 1.807) is 0 Å². The summed E-state index contributed by atoms with van der Waals surface area (Å²) in [5, 5.41) is 9.08. The molecular weight excluding hydrogens is 156 g/mol. The third-order valence-electron chi connectivity index (χ3n) is 2.00. The molecule has 0 unspecified atom stereocenters. The smallest absolute Gasteiger partial charge is 0.217 e. The molecule has 3 heteroatoms. The van der Waals surface area contributed by atoms with Gasteiger partial charge in [0, 0.05) is 6.10 Å². The van der Waals surface area contributed by atoms with E-state index in [0.717, 1.165) is 0 Å². The van der Waals surface area contributed by atoms with E-state index in [4.69, 9.17) is 4.43 Å². The van der Waals surface area contributed by atoms with E-state index in [2.05, 4.69) is 0 Å². The summed E-state index contributed by atoms with van der Waals surface area (Å²) in [6.45, 7) is 11.7. The summed E-state index contributed by atoms with van der Waals surface area (Å²) in [5.74, 6) is 0. The Balaban J connectivity index is 4.22. The highest BCUT2D eigenvalue weighted by atomic mass is 28.4. The van der Waals surface area contributed by atoms with Crippen LogP contribution in [0.2, 0.25) is 13.1 Å². The minimum Gasteiger partial charge on any atom is -0.412 e. The van der Waals surface area contributed by atoms with Gasteiger partial charge in [0.1, 0.15) is 0 Å². The van der Waals surface area contributed by atoms with Crippen LogP contribution in [0.5, 0.6) is 0 Å². The zero-order valence-corrected chi connectivity index (χ0v) is 9.43. The lowest BCUT2D eigenvalue weighted by molar-refractivity contribution is 0.106. The first-order valence-electron chi connectivity index (χ1n) is 4.07. The Hall–Kier alpha value is 0.137. The molecule has 0 amide bonds. The van der Waals surface area contributed by atoms with Crippen molar-refractivity contribution in [2.24, 2.45) is 0 Å². The Morgan fingerprint density at radius 2 is 1.64 bits per heavy atom. The lowest BCUT2D eigenvalue weighted by Gasteiger charge is -2.36. The molecule has 11 heavy (non-hydrogen) atoms. The second kappa shape index (κ2) is 3.25. The van der Waals surface area contributed by atoms with Crippen LogP contribution in [0, 0.1) is 0 Å². The van der Waals surface area contributed by atoms with E-state index < -0.39 is 13.5 Å². The molecule has 0 aromatic heterocycles. The SMILES string of the molecule is CC(C)O[Si](C)(C)C(C)(C)O. The molecule has 68 valence electrons. The zero-order valence-electron chi connectivity index (χ0n) is 8.43. The van der Waals surface area contributed by atoms with Gasteiger partial charge in [-0.25, -0.2) is 0 Å². The standard InChI is InChI=1S/C8H20O2Si/c1-7(2)10-11(5,6)8(3,4)9/h7,9H,1-6H3. The van der Waals surface area contributed by atoms with Crippen LogP contribution in [-0.2, 0) is 4.43 Å². The Morgan fingerprint density at radius 3 is 1.73 bits per heavy atom. The molecule has 0 aliphatic carbocycles. The number of rotatable bonds is 3. The van der Waals surface area contributed by atoms with Crippen molar-refractivity contribution in [2.45, 2.75) is 52.1 Å². The average molecular weight is 176 g/mol. The van der Waals surface area contributed by atoms with Gasteiger partial charge in [-0.15, -0.1) is 0 Å². The minimum absolute atomic E-state index is 0.211. The van der Waals surface area contributed by atoms with Crippen LogP contribution in [0.3, 0.4) is 0 Å². The first-order valence-corrected chi connectivity index (χ1v) is 6.98. The summed E-state index contributed by atoms with van der Waals surface area (Å²) < 4.78 is 5.69. The Morgan fingerprint density at radius 1 is 1.27 bits per heavy atom. The summed E-state index contributed by atoms with van der Waals surface area (Å²) in [6, 6.07) is 0. The molecule has 0 radical (unpaired) electrons. The van der Waals surface area contributed by atoms with Gasteiger partial charge in [0.2, 0.25) is 8.32 Å². The number of aliphatic hydroxyl groups is 1. The topological polar surface area (TPSA) is 29.5 Å². The van der Waals surface area contributed by atoms with E-state index >= 15 is 0 Å². The summed E-state index contributed by atoms with van der Waals surface area (Å²) in [7, 11) is -1.91. The molecule has 0 heterocycles. The van der Waals surface area contributed by atoms with Crippen molar-refractivity contribution in [1.82, 2.24) is 0 Å². The molecule has 0 bridgehead atoms. The fourth-order valence-electron chi connectivity index (χ4n) is 0.733. The first-order chi connectivity index (χ1) is 4.67. The lowest BCUT2D eigenvalue weighted by atomic mass is 10.5. The Kier molecular flexibility index (Phi) is 3.29. The second-order valence-corrected chi connectivity index (χ2v) is 8.72. The van der Waals surface area contributed by atoms with Gasteiger partial charge in [-0.1, -0.05) is 0 Å². The molecule has 2 nitrogen and oxygen atoms in total. The predicted octanol–water partition coefficient (Wildman–Crippen LogP) is 1.93. The van der Waals surface area contributed by atoms with E-state index in [-0.39, 0.29) is 6.10 Å². The third-order valence-corrected chi connectivity index (χ3v) is 6.01. The van der Waals surface area contributed by atoms with Crippen LogP contribution in [0.15, 0.2) is 0 Å². The fraction of sp³-hybridized carbons (Fsp3) is 1.00. The lowest BCUT2D eigenvalue weighted by Crippen LogP contribution is -2.53. The van der Waals surface area contributed by atoms with Crippen LogP contribution in [0.1, 0.15) is 27.7 Å². The zero-order chi connectivity index (χ0) is 9.28. The first kappa shape index (κ1) is 11.1. The molecule has 0 saturated heterocycles. The molecule has 0 aromatic carbocycles. The number of hydrogen-bond donors (Lipinski definition) is 1. The molecule has 0 fully saturated rings. The molecule has 0 aliphatic heterocycles. The largest absolute Gasteiger partial charge is 0.412 e. The van der Waals surface area contributed by atoms with Crippen molar-refractivity contribution in [3.05, 3.63) is 0 Å². The molecule has 0 aliphatic rings. The van der Waals surface area contributed by atoms with Gasteiger partial charge in [-0.2, -0.15) is 0 Å². The van der Waals surface area contributed by atoms with Crippen LogP contribution in [-0.4, -0.2) is 24.8 Å². The maximum atomic E-state index is 9.73. The van der Waals surface area contributed by atoms with Gasteiger partial charge in [0.25, 0.3) is 0 Å². The molecule has 0 saturated carbocycles. The van der Waals surface area contributed by atoms with E-state index in [9.17, 15) is 5.11 Å². The van der Waals surface area contributed by atoms with Crippen molar-refractivity contribution < 1.29 is 9.53 Å². The summed E-state index contributed by atoms with van der Waals surface area (Å²) >= 11 is 0. The van der Waals surface area contributed by atoms with Crippen molar-refractivity contribution in [2.75, 3.05) is 0 Å². The van der Waals surface area contributed by atoms with Crippen LogP contribution in [0.4, 0.5) is 0 Å². The average Bonchev–Trinajstić information content (AvgIpc) is 1.56. The number of hydrogen-bond acceptors (Lipinski definition) is 2. The Labute approximate surface area is 70.7 Å². The second-order valence-electron chi connectivity index (χ2n) is 4.24. The highest BCUT2D eigenvalue weighted by Crippen LogP contribution is 2.21. The molecule has 0 rings (SSSR count). The van der Waals surface area contributed by atoms with Crippen molar-refractivity contribution >= 4 is 8.32 Å². The fourth-order valence-corrected chi connectivity index (χ4v) is 2.20. The highest BCUT2D eigenvalue weighted by Gasteiger charge is 2.39. The van der Waals surface area contributed by atoms with Crippen LogP contribution >= 0.6 is 0 Å². The molecule has 0 aromatic rings. The van der Waals surface area contributed by atoms with Gasteiger partial charge in [0.05, 0.1) is 5.22 Å². The molecule has 0 atom stereocenters. The summed E-state index contributed by atoms with van der Waals surface area (Å²) in [6.07, 6.45) is 0.211. The Bertz CT molecular complexity index is 125. The van der Waals surface area contributed by atoms with Gasteiger partial charge in [0.15, 0.2) is 0 Å². The maximum Gasteiger partial charge on any atom is 0.217 e. The van der Waals surface area contributed by atoms with Crippen molar-refractivity contribution in [3.63, 3.8) is 0 Å². The van der Waals surface area contributed by atoms with Gasteiger partial charge in [-0.3, -0.25) is 0 Å². The third kappa shape index (κ3) is 3.36. The van der Waals surface area contributed by atoms with Crippen LogP contribution in [0.25, 0.3) is 0 Å². The van der Waals surface area contributed by atoms with Crippen molar-refractivity contribution in [3.8, 4) is 0 Å². The predicted molar refractivity (Wildman–Crippen MR) is 50.0 cm³/mol. The minimum atomic E-state index is -1.91. The van der Waals surface area contributed by atoms with Gasteiger partial charge in [-0.05, 0) is 40.8 Å². The molecular formula is C8H20O2Si. The van der Waals surface area contributed by atoms with Gasteiger partial charge >= 0.3 is 0 Å². The van der Waals surface area contributed by atoms with Crippen molar-refractivity contribution in [1.29, 1.82) is 0 Å². The summed E-state index contributed by atoms with van der Waals surface area (Å²) in [4.78, 5) is 0. The molecule has 0 spiro atoms. The van der Waals surface area contributed by atoms with Crippen LogP contribution < -0.4 is 0 Å². The van der Waals surface area contributed by atoms with Gasteiger partial charge < -0.3 is 9.53 Å².